The summed E-state index contributed by atoms with van der Waals surface area (Å²) in [6.07, 6.45) is 3.61. The summed E-state index contributed by atoms with van der Waals surface area (Å²) in [5, 5.41) is 3.67. The van der Waals surface area contributed by atoms with Gasteiger partial charge < -0.3 is 5.32 Å². The SMILES string of the molecule is O=C(NCc1ccc(Cl)cc1)C1CCCCC1CN1C(=O)c2ccccc2C1=O. The lowest BCUT2D eigenvalue weighted by Crippen LogP contribution is -2.43. The number of nitrogens with zero attached hydrogens (tertiary/aromatic N) is 1. The summed E-state index contributed by atoms with van der Waals surface area (Å²) in [5.74, 6) is -0.731. The maximum Gasteiger partial charge on any atom is 0.261 e. The van der Waals surface area contributed by atoms with Crippen LogP contribution in [0.5, 0.6) is 0 Å². The number of nitrogens with one attached hydrogen (secondary N) is 1. The Labute approximate surface area is 175 Å². The topological polar surface area (TPSA) is 66.5 Å². The van der Waals surface area contributed by atoms with Crippen LogP contribution in [-0.2, 0) is 11.3 Å². The zero-order chi connectivity index (χ0) is 20.4. The summed E-state index contributed by atoms with van der Waals surface area (Å²) in [5.41, 5.74) is 1.89. The first kappa shape index (κ1) is 19.6. The molecule has 2 aromatic rings. The molecule has 2 unspecified atom stereocenters. The van der Waals surface area contributed by atoms with Crippen molar-refractivity contribution in [3.8, 4) is 0 Å². The molecule has 0 bridgehead atoms. The number of rotatable bonds is 5. The van der Waals surface area contributed by atoms with Crippen LogP contribution < -0.4 is 5.32 Å². The van der Waals surface area contributed by atoms with Gasteiger partial charge in [-0.15, -0.1) is 0 Å². The summed E-state index contributed by atoms with van der Waals surface area (Å²) < 4.78 is 0. The highest BCUT2D eigenvalue weighted by atomic mass is 35.5. The number of carbonyl (C=O) groups excluding carboxylic acids is 3. The maximum atomic E-state index is 12.9. The number of imide groups is 1. The molecule has 6 heteroatoms. The van der Waals surface area contributed by atoms with Crippen molar-refractivity contribution in [3.05, 3.63) is 70.2 Å². The predicted molar refractivity (Wildman–Crippen MR) is 111 cm³/mol. The number of fused-ring (bicyclic) bond motifs is 1. The van der Waals surface area contributed by atoms with Gasteiger partial charge in [0.05, 0.1) is 11.1 Å². The van der Waals surface area contributed by atoms with E-state index in [2.05, 4.69) is 5.32 Å². The highest BCUT2D eigenvalue weighted by Crippen LogP contribution is 2.33. The van der Waals surface area contributed by atoms with Gasteiger partial charge >= 0.3 is 0 Å². The number of benzene rings is 2. The van der Waals surface area contributed by atoms with Crippen LogP contribution in [0.25, 0.3) is 0 Å². The number of amides is 3. The van der Waals surface area contributed by atoms with Crippen LogP contribution in [0, 0.1) is 11.8 Å². The molecule has 2 atom stereocenters. The van der Waals surface area contributed by atoms with Gasteiger partial charge in [0, 0.05) is 24.0 Å². The fourth-order valence-electron chi connectivity index (χ4n) is 4.33. The van der Waals surface area contributed by atoms with Crippen molar-refractivity contribution in [2.75, 3.05) is 6.54 Å². The number of carbonyl (C=O) groups is 3. The molecule has 0 spiro atoms. The highest BCUT2D eigenvalue weighted by molar-refractivity contribution is 6.30. The molecule has 1 aliphatic carbocycles. The van der Waals surface area contributed by atoms with E-state index in [9.17, 15) is 14.4 Å². The lowest BCUT2D eigenvalue weighted by atomic mass is 9.78. The molecule has 1 saturated carbocycles. The standard InChI is InChI=1S/C23H23ClN2O3/c24-17-11-9-15(10-12-17)13-25-21(27)18-6-2-1-5-16(18)14-26-22(28)19-7-3-4-8-20(19)23(26)29/h3-4,7-12,16,18H,1-2,5-6,13-14H2,(H,25,27). The molecule has 0 aromatic heterocycles. The van der Waals surface area contributed by atoms with E-state index in [1.807, 2.05) is 12.1 Å². The summed E-state index contributed by atoms with van der Waals surface area (Å²) in [4.78, 5) is 39.6. The Morgan fingerprint density at radius 1 is 0.966 bits per heavy atom. The molecule has 2 aliphatic rings. The third kappa shape index (κ3) is 4.06. The van der Waals surface area contributed by atoms with Crippen molar-refractivity contribution < 1.29 is 14.4 Å². The molecule has 0 saturated heterocycles. The molecule has 150 valence electrons. The van der Waals surface area contributed by atoms with E-state index in [1.54, 1.807) is 36.4 Å². The zero-order valence-electron chi connectivity index (χ0n) is 16.1. The highest BCUT2D eigenvalue weighted by Gasteiger charge is 2.39. The minimum absolute atomic E-state index is 0.0127. The number of halogens is 1. The Kier molecular flexibility index (Phi) is 5.67. The number of hydrogen-bond donors (Lipinski definition) is 1. The third-order valence-electron chi connectivity index (χ3n) is 5.92. The molecule has 5 nitrogen and oxygen atoms in total. The Hall–Kier alpha value is -2.66. The summed E-state index contributed by atoms with van der Waals surface area (Å²) in [6, 6.07) is 14.3. The smallest absolute Gasteiger partial charge is 0.261 e. The van der Waals surface area contributed by atoms with E-state index >= 15 is 0 Å². The van der Waals surface area contributed by atoms with E-state index in [0.717, 1.165) is 31.2 Å². The Balaban J connectivity index is 1.42. The normalized spacial score (nSPS) is 21.2. The monoisotopic (exact) mass is 410 g/mol. The molecule has 1 aliphatic heterocycles. The van der Waals surface area contributed by atoms with Gasteiger partial charge in [-0.3, -0.25) is 19.3 Å². The largest absolute Gasteiger partial charge is 0.352 e. The van der Waals surface area contributed by atoms with Gasteiger partial charge in [0.2, 0.25) is 5.91 Å². The van der Waals surface area contributed by atoms with Crippen molar-refractivity contribution >= 4 is 29.3 Å². The molecule has 0 radical (unpaired) electrons. The molecule has 4 rings (SSSR count). The summed E-state index contributed by atoms with van der Waals surface area (Å²) in [7, 11) is 0. The lowest BCUT2D eigenvalue weighted by Gasteiger charge is -2.32. The van der Waals surface area contributed by atoms with Crippen molar-refractivity contribution in [1.29, 1.82) is 0 Å². The molecule has 29 heavy (non-hydrogen) atoms. The van der Waals surface area contributed by atoms with Crippen molar-refractivity contribution in [2.24, 2.45) is 11.8 Å². The van der Waals surface area contributed by atoms with Crippen molar-refractivity contribution in [1.82, 2.24) is 10.2 Å². The third-order valence-corrected chi connectivity index (χ3v) is 6.17. The van der Waals surface area contributed by atoms with Crippen LogP contribution in [0.15, 0.2) is 48.5 Å². The van der Waals surface area contributed by atoms with Gasteiger partial charge in [0.15, 0.2) is 0 Å². The first-order chi connectivity index (χ1) is 14.0. The Morgan fingerprint density at radius 3 is 2.24 bits per heavy atom. The van der Waals surface area contributed by atoms with Gasteiger partial charge in [-0.2, -0.15) is 0 Å². The average Bonchev–Trinajstić information content (AvgIpc) is 2.99. The van der Waals surface area contributed by atoms with E-state index in [0.29, 0.717) is 29.2 Å². The zero-order valence-corrected chi connectivity index (χ0v) is 16.8. The molecular formula is C23H23ClN2O3. The lowest BCUT2D eigenvalue weighted by molar-refractivity contribution is -0.128. The van der Waals surface area contributed by atoms with Crippen LogP contribution in [0.2, 0.25) is 5.02 Å². The molecule has 1 fully saturated rings. The van der Waals surface area contributed by atoms with Crippen LogP contribution in [0.4, 0.5) is 0 Å². The molecule has 1 N–H and O–H groups in total. The van der Waals surface area contributed by atoms with Crippen LogP contribution in [0.1, 0.15) is 52.0 Å². The predicted octanol–water partition coefficient (Wildman–Crippen LogP) is 4.06. The molecule has 1 heterocycles. The van der Waals surface area contributed by atoms with Crippen molar-refractivity contribution in [2.45, 2.75) is 32.2 Å². The fraction of sp³-hybridized carbons (Fsp3) is 0.348. The maximum absolute atomic E-state index is 12.9. The second kappa shape index (κ2) is 8.37. The first-order valence-electron chi connectivity index (χ1n) is 10.0. The van der Waals surface area contributed by atoms with Crippen LogP contribution in [-0.4, -0.2) is 29.2 Å². The Morgan fingerprint density at radius 2 is 1.59 bits per heavy atom. The van der Waals surface area contributed by atoms with E-state index < -0.39 is 0 Å². The summed E-state index contributed by atoms with van der Waals surface area (Å²) in [6.45, 7) is 0.734. The van der Waals surface area contributed by atoms with Crippen molar-refractivity contribution in [3.63, 3.8) is 0 Å². The van der Waals surface area contributed by atoms with Crippen LogP contribution >= 0.6 is 11.6 Å². The van der Waals surface area contributed by atoms with E-state index in [1.165, 1.54) is 4.90 Å². The minimum Gasteiger partial charge on any atom is -0.352 e. The van der Waals surface area contributed by atoms with E-state index in [4.69, 9.17) is 11.6 Å². The average molecular weight is 411 g/mol. The molecular weight excluding hydrogens is 388 g/mol. The van der Waals surface area contributed by atoms with Crippen LogP contribution in [0.3, 0.4) is 0 Å². The first-order valence-corrected chi connectivity index (χ1v) is 10.4. The van der Waals surface area contributed by atoms with Gasteiger partial charge in [-0.25, -0.2) is 0 Å². The quantitative estimate of drug-likeness (QED) is 0.756. The second-order valence-electron chi connectivity index (χ2n) is 7.76. The second-order valence-corrected chi connectivity index (χ2v) is 8.20. The van der Waals surface area contributed by atoms with Gasteiger partial charge in [-0.1, -0.05) is 48.7 Å². The number of hydrogen-bond acceptors (Lipinski definition) is 3. The fourth-order valence-corrected chi connectivity index (χ4v) is 4.46. The Bertz CT molecular complexity index is 906. The van der Waals surface area contributed by atoms with E-state index in [-0.39, 0.29) is 29.6 Å². The molecule has 3 amide bonds. The molecule has 2 aromatic carbocycles. The van der Waals surface area contributed by atoms with Gasteiger partial charge in [-0.05, 0) is 48.6 Å². The van der Waals surface area contributed by atoms with Gasteiger partial charge in [0.25, 0.3) is 11.8 Å². The summed E-state index contributed by atoms with van der Waals surface area (Å²) >= 11 is 5.91. The minimum atomic E-state index is -0.253. The van der Waals surface area contributed by atoms with Gasteiger partial charge in [0.1, 0.15) is 0 Å².